The lowest BCUT2D eigenvalue weighted by Gasteiger charge is -2.34. The second kappa shape index (κ2) is 7.38. The zero-order valence-electron chi connectivity index (χ0n) is 15.9. The highest BCUT2D eigenvalue weighted by Crippen LogP contribution is 2.18. The third kappa shape index (κ3) is 3.21. The monoisotopic (exact) mass is 378 g/mol. The highest BCUT2D eigenvalue weighted by Gasteiger charge is 2.26. The molecule has 3 heterocycles. The van der Waals surface area contributed by atoms with Crippen molar-refractivity contribution in [2.75, 3.05) is 31.1 Å². The van der Waals surface area contributed by atoms with E-state index in [0.717, 1.165) is 0 Å². The minimum Gasteiger partial charge on any atom is -0.337 e. The van der Waals surface area contributed by atoms with Crippen LogP contribution in [0.25, 0.3) is 10.8 Å². The molecule has 0 unspecified atom stereocenters. The first-order valence-electron chi connectivity index (χ1n) is 9.39. The number of aromatic nitrogens is 4. The third-order valence-corrected chi connectivity index (χ3v) is 4.92. The Balaban J connectivity index is 1.63. The van der Waals surface area contributed by atoms with E-state index in [0.29, 0.717) is 48.6 Å². The molecule has 1 aliphatic rings. The van der Waals surface area contributed by atoms with E-state index in [2.05, 4.69) is 20.0 Å². The van der Waals surface area contributed by atoms with Gasteiger partial charge in [0.25, 0.3) is 11.5 Å². The highest BCUT2D eigenvalue weighted by atomic mass is 16.2. The van der Waals surface area contributed by atoms with Gasteiger partial charge in [-0.1, -0.05) is 18.2 Å². The number of amides is 1. The lowest BCUT2D eigenvalue weighted by atomic mass is 10.1. The Kier molecular flexibility index (Phi) is 4.77. The van der Waals surface area contributed by atoms with Crippen LogP contribution < -0.4 is 10.5 Å². The van der Waals surface area contributed by atoms with Gasteiger partial charge >= 0.3 is 0 Å². The van der Waals surface area contributed by atoms with Gasteiger partial charge in [-0.05, 0) is 26.0 Å². The summed E-state index contributed by atoms with van der Waals surface area (Å²) in [5.74, 6) is 0.519. The van der Waals surface area contributed by atoms with Gasteiger partial charge < -0.3 is 9.80 Å². The summed E-state index contributed by atoms with van der Waals surface area (Å²) in [6.45, 7) is 6.17. The Hall–Kier alpha value is -3.29. The molecule has 1 fully saturated rings. The maximum atomic E-state index is 13.2. The number of hydrogen-bond donors (Lipinski definition) is 0. The van der Waals surface area contributed by atoms with Crippen LogP contribution in [0.5, 0.6) is 0 Å². The predicted octanol–water partition coefficient (Wildman–Crippen LogP) is 1.73. The second-order valence-electron chi connectivity index (χ2n) is 7.07. The van der Waals surface area contributed by atoms with Crippen LogP contribution in [-0.4, -0.2) is 56.7 Å². The molecule has 28 heavy (non-hydrogen) atoms. The SMILES string of the molecule is CC(C)n1nc(C(=O)N2CCN(c3ncccn3)CC2)c2ccccc2c1=O. The number of anilines is 1. The molecule has 144 valence electrons. The Morgan fingerprint density at radius 3 is 2.25 bits per heavy atom. The molecule has 8 nitrogen and oxygen atoms in total. The largest absolute Gasteiger partial charge is 0.337 e. The van der Waals surface area contributed by atoms with Gasteiger partial charge in [0.2, 0.25) is 5.95 Å². The number of rotatable bonds is 3. The number of benzene rings is 1. The van der Waals surface area contributed by atoms with Crippen molar-refractivity contribution >= 4 is 22.6 Å². The number of hydrogen-bond acceptors (Lipinski definition) is 6. The fourth-order valence-corrected chi connectivity index (χ4v) is 3.43. The molecule has 1 aliphatic heterocycles. The van der Waals surface area contributed by atoms with E-state index in [9.17, 15) is 9.59 Å². The Bertz CT molecular complexity index is 1060. The Labute approximate surface area is 162 Å². The molecule has 0 N–H and O–H groups in total. The quantitative estimate of drug-likeness (QED) is 0.690. The van der Waals surface area contributed by atoms with Gasteiger partial charge in [0.15, 0.2) is 5.69 Å². The van der Waals surface area contributed by atoms with Gasteiger partial charge in [-0.15, -0.1) is 0 Å². The summed E-state index contributed by atoms with van der Waals surface area (Å²) in [6, 6.07) is 8.82. The normalized spacial score (nSPS) is 14.7. The summed E-state index contributed by atoms with van der Waals surface area (Å²) >= 11 is 0. The summed E-state index contributed by atoms with van der Waals surface area (Å²) < 4.78 is 1.39. The van der Waals surface area contributed by atoms with Crippen molar-refractivity contribution in [2.24, 2.45) is 0 Å². The summed E-state index contributed by atoms with van der Waals surface area (Å²) in [4.78, 5) is 38.3. The van der Waals surface area contributed by atoms with Crippen LogP contribution >= 0.6 is 0 Å². The van der Waals surface area contributed by atoms with Crippen molar-refractivity contribution < 1.29 is 4.79 Å². The van der Waals surface area contributed by atoms with Crippen LogP contribution in [0.1, 0.15) is 30.4 Å². The first-order chi connectivity index (χ1) is 13.6. The van der Waals surface area contributed by atoms with Crippen molar-refractivity contribution in [2.45, 2.75) is 19.9 Å². The number of piperazine rings is 1. The van der Waals surface area contributed by atoms with E-state index in [1.165, 1.54) is 4.68 Å². The van der Waals surface area contributed by atoms with E-state index in [-0.39, 0.29) is 17.5 Å². The van der Waals surface area contributed by atoms with Crippen LogP contribution in [-0.2, 0) is 0 Å². The Morgan fingerprint density at radius 2 is 1.61 bits per heavy atom. The molecule has 0 saturated carbocycles. The molecule has 4 rings (SSSR count). The first kappa shape index (κ1) is 18.1. The van der Waals surface area contributed by atoms with Crippen molar-refractivity contribution in [3.63, 3.8) is 0 Å². The number of fused-ring (bicyclic) bond motifs is 1. The molecular weight excluding hydrogens is 356 g/mol. The molecule has 0 radical (unpaired) electrons. The topological polar surface area (TPSA) is 84.2 Å². The molecule has 0 spiro atoms. The van der Waals surface area contributed by atoms with Crippen LogP contribution in [0.15, 0.2) is 47.5 Å². The van der Waals surface area contributed by atoms with Crippen molar-refractivity contribution in [1.29, 1.82) is 0 Å². The van der Waals surface area contributed by atoms with Crippen LogP contribution in [0, 0.1) is 0 Å². The van der Waals surface area contributed by atoms with E-state index < -0.39 is 0 Å². The van der Waals surface area contributed by atoms with Gasteiger partial charge in [-0.25, -0.2) is 14.6 Å². The molecule has 8 heteroatoms. The smallest absolute Gasteiger partial charge is 0.275 e. The van der Waals surface area contributed by atoms with Gasteiger partial charge in [-0.3, -0.25) is 9.59 Å². The fraction of sp³-hybridized carbons (Fsp3) is 0.350. The third-order valence-electron chi connectivity index (χ3n) is 4.92. The number of carbonyl (C=O) groups excluding carboxylic acids is 1. The maximum absolute atomic E-state index is 13.2. The van der Waals surface area contributed by atoms with E-state index in [4.69, 9.17) is 0 Å². The van der Waals surface area contributed by atoms with E-state index in [1.807, 2.05) is 19.9 Å². The van der Waals surface area contributed by atoms with Crippen LogP contribution in [0.2, 0.25) is 0 Å². The molecule has 3 aromatic rings. The first-order valence-corrected chi connectivity index (χ1v) is 9.39. The summed E-state index contributed by atoms with van der Waals surface area (Å²) in [5.41, 5.74) is 0.154. The average Bonchev–Trinajstić information content (AvgIpc) is 2.74. The van der Waals surface area contributed by atoms with Crippen molar-refractivity contribution in [3.05, 3.63) is 58.8 Å². The Morgan fingerprint density at radius 1 is 0.964 bits per heavy atom. The average molecular weight is 378 g/mol. The zero-order valence-corrected chi connectivity index (χ0v) is 15.9. The molecular formula is C20H22N6O2. The van der Waals surface area contributed by atoms with Crippen LogP contribution in [0.3, 0.4) is 0 Å². The fourth-order valence-electron chi connectivity index (χ4n) is 3.43. The van der Waals surface area contributed by atoms with Gasteiger partial charge in [0.1, 0.15) is 0 Å². The minimum atomic E-state index is -0.173. The second-order valence-corrected chi connectivity index (χ2v) is 7.07. The maximum Gasteiger partial charge on any atom is 0.275 e. The van der Waals surface area contributed by atoms with Crippen molar-refractivity contribution in [1.82, 2.24) is 24.6 Å². The zero-order chi connectivity index (χ0) is 19.7. The van der Waals surface area contributed by atoms with Gasteiger partial charge in [0.05, 0.1) is 11.4 Å². The summed E-state index contributed by atoms with van der Waals surface area (Å²) in [6.07, 6.45) is 3.43. The van der Waals surface area contributed by atoms with Crippen LogP contribution in [0.4, 0.5) is 5.95 Å². The summed E-state index contributed by atoms with van der Waals surface area (Å²) in [7, 11) is 0. The highest BCUT2D eigenvalue weighted by molar-refractivity contribution is 6.04. The predicted molar refractivity (Wildman–Crippen MR) is 107 cm³/mol. The van der Waals surface area contributed by atoms with Gasteiger partial charge in [-0.2, -0.15) is 5.10 Å². The molecule has 1 aromatic carbocycles. The van der Waals surface area contributed by atoms with Crippen molar-refractivity contribution in [3.8, 4) is 0 Å². The lowest BCUT2D eigenvalue weighted by Crippen LogP contribution is -2.49. The lowest BCUT2D eigenvalue weighted by molar-refractivity contribution is 0.0739. The molecule has 0 aliphatic carbocycles. The molecule has 2 aromatic heterocycles. The van der Waals surface area contributed by atoms with E-state index >= 15 is 0 Å². The molecule has 0 atom stereocenters. The minimum absolute atomic E-state index is 0.129. The standard InChI is InChI=1S/C20H22N6O2/c1-14(2)26-18(27)16-7-4-3-6-15(16)17(23-26)19(28)24-10-12-25(13-11-24)20-21-8-5-9-22-20/h3-9,14H,10-13H2,1-2H3. The van der Waals surface area contributed by atoms with Gasteiger partial charge in [0, 0.05) is 44.0 Å². The molecule has 1 saturated heterocycles. The van der Waals surface area contributed by atoms with E-state index in [1.54, 1.807) is 41.6 Å². The number of carbonyl (C=O) groups is 1. The molecule has 0 bridgehead atoms. The molecule has 1 amide bonds. The summed E-state index contributed by atoms with van der Waals surface area (Å²) in [5, 5.41) is 5.55. The number of nitrogens with zero attached hydrogens (tertiary/aromatic N) is 6.